The number of rotatable bonds is 3. The normalized spacial score (nSPS) is 16.5. The summed E-state index contributed by atoms with van der Waals surface area (Å²) in [5, 5.41) is 10.8. The lowest BCUT2D eigenvalue weighted by Crippen LogP contribution is -2.42. The van der Waals surface area contributed by atoms with Gasteiger partial charge in [0, 0.05) is 26.3 Å². The fourth-order valence-corrected chi connectivity index (χ4v) is 1.87. The van der Waals surface area contributed by atoms with Crippen molar-refractivity contribution in [2.45, 2.75) is 25.4 Å². The zero-order valence-electron chi connectivity index (χ0n) is 10.3. The molecule has 5 nitrogen and oxygen atoms in total. The zero-order valence-corrected chi connectivity index (χ0v) is 10.3. The van der Waals surface area contributed by atoms with Crippen LogP contribution in [0.15, 0.2) is 29.4 Å². The Bertz CT molecular complexity index is 410. The molecular weight excluding hydrogens is 214 g/mol. The number of aliphatic imine (C=N–C) groups is 1. The van der Waals surface area contributed by atoms with Crippen molar-refractivity contribution in [2.24, 2.45) is 12.0 Å². The van der Waals surface area contributed by atoms with Gasteiger partial charge < -0.3 is 10.6 Å². The summed E-state index contributed by atoms with van der Waals surface area (Å²) in [6, 6.07) is 2.48. The first-order chi connectivity index (χ1) is 8.29. The van der Waals surface area contributed by atoms with E-state index in [1.54, 1.807) is 13.2 Å². The van der Waals surface area contributed by atoms with Crippen LogP contribution in [-0.4, -0.2) is 28.8 Å². The van der Waals surface area contributed by atoms with Gasteiger partial charge in [0.05, 0.1) is 12.2 Å². The van der Waals surface area contributed by atoms with Gasteiger partial charge in [-0.2, -0.15) is 5.10 Å². The topological polar surface area (TPSA) is 54.2 Å². The van der Waals surface area contributed by atoms with Gasteiger partial charge in [0.1, 0.15) is 0 Å². The number of guanidine groups is 1. The maximum Gasteiger partial charge on any atom is 0.191 e. The van der Waals surface area contributed by atoms with Crippen molar-refractivity contribution in [1.82, 2.24) is 20.4 Å². The highest BCUT2D eigenvalue weighted by Gasteiger charge is 2.11. The summed E-state index contributed by atoms with van der Waals surface area (Å²) in [7, 11) is 3.73. The van der Waals surface area contributed by atoms with E-state index in [-0.39, 0.29) is 0 Å². The molecule has 1 aromatic heterocycles. The van der Waals surface area contributed by atoms with Crippen LogP contribution in [-0.2, 0) is 13.6 Å². The Hall–Kier alpha value is -1.78. The Morgan fingerprint density at radius 1 is 1.53 bits per heavy atom. The molecule has 92 valence electrons. The van der Waals surface area contributed by atoms with E-state index in [1.807, 2.05) is 17.8 Å². The number of aromatic nitrogens is 2. The molecular formula is C12H19N5. The van der Waals surface area contributed by atoms with Crippen molar-refractivity contribution in [1.29, 1.82) is 0 Å². The Kier molecular flexibility index (Phi) is 3.80. The van der Waals surface area contributed by atoms with E-state index in [1.165, 1.54) is 0 Å². The molecule has 0 aliphatic heterocycles. The number of hydrogen-bond donors (Lipinski definition) is 2. The van der Waals surface area contributed by atoms with Crippen LogP contribution in [0.1, 0.15) is 18.5 Å². The molecule has 2 rings (SSSR count). The van der Waals surface area contributed by atoms with E-state index >= 15 is 0 Å². The lowest BCUT2D eigenvalue weighted by Gasteiger charge is -2.16. The van der Waals surface area contributed by atoms with Crippen molar-refractivity contribution in [2.75, 3.05) is 7.05 Å². The lowest BCUT2D eigenvalue weighted by molar-refractivity contribution is 0.624. The van der Waals surface area contributed by atoms with Crippen LogP contribution >= 0.6 is 0 Å². The van der Waals surface area contributed by atoms with Gasteiger partial charge in [-0.1, -0.05) is 12.2 Å². The summed E-state index contributed by atoms with van der Waals surface area (Å²) in [5.41, 5.74) is 1.14. The predicted molar refractivity (Wildman–Crippen MR) is 68.7 cm³/mol. The highest BCUT2D eigenvalue weighted by Crippen LogP contribution is 2.08. The molecule has 0 atom stereocenters. The number of nitrogens with zero attached hydrogens (tertiary/aromatic N) is 3. The van der Waals surface area contributed by atoms with E-state index in [4.69, 9.17) is 0 Å². The zero-order chi connectivity index (χ0) is 12.1. The van der Waals surface area contributed by atoms with Gasteiger partial charge in [-0.3, -0.25) is 9.67 Å². The number of hydrogen-bond acceptors (Lipinski definition) is 2. The second-order valence-corrected chi connectivity index (χ2v) is 4.16. The van der Waals surface area contributed by atoms with Gasteiger partial charge in [-0.15, -0.1) is 0 Å². The van der Waals surface area contributed by atoms with E-state index < -0.39 is 0 Å². The smallest absolute Gasteiger partial charge is 0.191 e. The second-order valence-electron chi connectivity index (χ2n) is 4.16. The second kappa shape index (κ2) is 5.52. The maximum absolute atomic E-state index is 4.22. The predicted octanol–water partition coefficient (Wildman–Crippen LogP) is 0.804. The molecule has 5 heteroatoms. The third kappa shape index (κ3) is 3.09. The first-order valence-electron chi connectivity index (χ1n) is 5.88. The van der Waals surface area contributed by atoms with Crippen LogP contribution in [0.25, 0.3) is 0 Å². The highest BCUT2D eigenvalue weighted by atomic mass is 15.3. The highest BCUT2D eigenvalue weighted by molar-refractivity contribution is 5.80. The van der Waals surface area contributed by atoms with Gasteiger partial charge in [-0.05, 0) is 18.9 Å². The van der Waals surface area contributed by atoms with Gasteiger partial charge >= 0.3 is 0 Å². The molecule has 17 heavy (non-hydrogen) atoms. The first-order valence-corrected chi connectivity index (χ1v) is 5.88. The molecule has 0 bridgehead atoms. The standard InChI is InChI=1S/C12H19N5/c1-13-12(16-10-5-3-4-6-10)14-9-11-7-8-15-17(11)2/h3-4,7-8,10H,5-6,9H2,1-2H3,(H2,13,14,16). The molecule has 1 aromatic rings. The van der Waals surface area contributed by atoms with Crippen molar-refractivity contribution >= 4 is 5.96 Å². The Morgan fingerprint density at radius 3 is 2.88 bits per heavy atom. The minimum atomic E-state index is 0.479. The van der Waals surface area contributed by atoms with Crippen LogP contribution in [0.3, 0.4) is 0 Å². The van der Waals surface area contributed by atoms with E-state index in [0.29, 0.717) is 6.04 Å². The van der Waals surface area contributed by atoms with Gasteiger partial charge in [0.15, 0.2) is 5.96 Å². The van der Waals surface area contributed by atoms with Crippen molar-refractivity contribution in [3.8, 4) is 0 Å². The summed E-state index contributed by atoms with van der Waals surface area (Å²) < 4.78 is 1.86. The largest absolute Gasteiger partial charge is 0.353 e. The number of aryl methyl sites for hydroxylation is 1. The maximum atomic E-state index is 4.22. The van der Waals surface area contributed by atoms with Crippen LogP contribution in [0.2, 0.25) is 0 Å². The van der Waals surface area contributed by atoms with Crippen LogP contribution in [0.4, 0.5) is 0 Å². The molecule has 1 heterocycles. The fraction of sp³-hybridized carbons (Fsp3) is 0.500. The molecule has 1 aliphatic rings. The average Bonchev–Trinajstić information content (AvgIpc) is 2.96. The molecule has 0 saturated heterocycles. The Balaban J connectivity index is 1.82. The number of nitrogens with one attached hydrogen (secondary N) is 2. The molecule has 2 N–H and O–H groups in total. The average molecular weight is 233 g/mol. The Morgan fingerprint density at radius 2 is 2.29 bits per heavy atom. The molecule has 1 aliphatic carbocycles. The van der Waals surface area contributed by atoms with E-state index in [9.17, 15) is 0 Å². The Labute approximate surface area is 102 Å². The van der Waals surface area contributed by atoms with Crippen LogP contribution in [0, 0.1) is 0 Å². The summed E-state index contributed by atoms with van der Waals surface area (Å²) in [5.74, 6) is 0.847. The summed E-state index contributed by atoms with van der Waals surface area (Å²) in [6.45, 7) is 0.732. The third-order valence-electron chi connectivity index (χ3n) is 2.93. The SMILES string of the molecule is CN=C(NCc1ccnn1C)NC1CC=CC1. The first kappa shape index (κ1) is 11.7. The molecule has 0 unspecified atom stereocenters. The van der Waals surface area contributed by atoms with Gasteiger partial charge in [-0.25, -0.2) is 0 Å². The lowest BCUT2D eigenvalue weighted by atomic mass is 10.2. The molecule has 0 fully saturated rings. The van der Waals surface area contributed by atoms with Crippen LogP contribution in [0.5, 0.6) is 0 Å². The summed E-state index contributed by atoms with van der Waals surface area (Å²) >= 11 is 0. The molecule has 0 aromatic carbocycles. The minimum absolute atomic E-state index is 0.479. The van der Waals surface area contributed by atoms with Crippen LogP contribution < -0.4 is 10.6 Å². The van der Waals surface area contributed by atoms with Gasteiger partial charge in [0.2, 0.25) is 0 Å². The third-order valence-corrected chi connectivity index (χ3v) is 2.93. The van der Waals surface area contributed by atoms with Crippen molar-refractivity contribution in [3.05, 3.63) is 30.1 Å². The monoisotopic (exact) mass is 233 g/mol. The molecule has 0 saturated carbocycles. The molecule has 0 spiro atoms. The summed E-state index contributed by atoms with van der Waals surface area (Å²) in [4.78, 5) is 4.22. The van der Waals surface area contributed by atoms with E-state index in [2.05, 4.69) is 32.9 Å². The molecule has 0 amide bonds. The minimum Gasteiger partial charge on any atom is -0.353 e. The summed E-state index contributed by atoms with van der Waals surface area (Å²) in [6.07, 6.45) is 8.35. The van der Waals surface area contributed by atoms with E-state index in [0.717, 1.165) is 31.0 Å². The van der Waals surface area contributed by atoms with Crippen molar-refractivity contribution < 1.29 is 0 Å². The van der Waals surface area contributed by atoms with Gasteiger partial charge in [0.25, 0.3) is 0 Å². The molecule has 0 radical (unpaired) electrons. The van der Waals surface area contributed by atoms with Crippen molar-refractivity contribution in [3.63, 3.8) is 0 Å². The fourth-order valence-electron chi connectivity index (χ4n) is 1.87. The quantitative estimate of drug-likeness (QED) is 0.461.